The Hall–Kier alpha value is -4.03. The summed E-state index contributed by atoms with van der Waals surface area (Å²) in [6.07, 6.45) is 2.57. The summed E-state index contributed by atoms with van der Waals surface area (Å²) in [4.78, 5) is 24.1. The SMILES string of the molecule is C=Nc1nc(-c2ccc(-c3ccccn3)cc2)c(Cl)cc1NCOc1ccc(C)c(C=O)c1. The van der Waals surface area contributed by atoms with E-state index in [1.165, 1.54) is 0 Å². The topological polar surface area (TPSA) is 76.5 Å². The lowest BCUT2D eigenvalue weighted by molar-refractivity contribution is 0.112. The molecule has 7 heteroatoms. The van der Waals surface area contributed by atoms with Gasteiger partial charge in [-0.2, -0.15) is 0 Å². The number of aromatic nitrogens is 2. The lowest BCUT2D eigenvalue weighted by Gasteiger charge is -2.13. The smallest absolute Gasteiger partial charge is 0.175 e. The number of aliphatic imine (C=N–C) groups is 1. The Morgan fingerprint density at radius 1 is 1.09 bits per heavy atom. The number of carbonyl (C=O) groups is 1. The van der Waals surface area contributed by atoms with Crippen molar-refractivity contribution >= 4 is 36.1 Å². The van der Waals surface area contributed by atoms with E-state index >= 15 is 0 Å². The minimum atomic E-state index is 0.139. The molecule has 4 aromatic rings. The fraction of sp³-hybridized carbons (Fsp3) is 0.0769. The van der Waals surface area contributed by atoms with Gasteiger partial charge in [0.2, 0.25) is 0 Å². The van der Waals surface area contributed by atoms with Crippen LogP contribution in [0.25, 0.3) is 22.5 Å². The molecule has 0 aliphatic carbocycles. The Bertz CT molecular complexity index is 1290. The van der Waals surface area contributed by atoms with Crippen LogP contribution in [0.3, 0.4) is 0 Å². The first-order valence-corrected chi connectivity index (χ1v) is 10.6. The summed E-state index contributed by atoms with van der Waals surface area (Å²) < 4.78 is 5.71. The zero-order valence-electron chi connectivity index (χ0n) is 18.0. The molecule has 1 N–H and O–H groups in total. The summed E-state index contributed by atoms with van der Waals surface area (Å²) >= 11 is 6.55. The number of pyridine rings is 2. The Morgan fingerprint density at radius 2 is 1.88 bits per heavy atom. The van der Waals surface area contributed by atoms with Crippen LogP contribution >= 0.6 is 11.6 Å². The third-order valence-electron chi connectivity index (χ3n) is 5.10. The summed E-state index contributed by atoms with van der Waals surface area (Å²) in [5.74, 6) is 0.983. The van der Waals surface area contributed by atoms with Gasteiger partial charge in [0.25, 0.3) is 0 Å². The number of anilines is 1. The molecule has 33 heavy (non-hydrogen) atoms. The second-order valence-corrected chi connectivity index (χ2v) is 7.65. The van der Waals surface area contributed by atoms with Gasteiger partial charge < -0.3 is 10.1 Å². The number of hydrogen-bond acceptors (Lipinski definition) is 6. The van der Waals surface area contributed by atoms with E-state index in [0.717, 1.165) is 28.7 Å². The first-order chi connectivity index (χ1) is 16.1. The van der Waals surface area contributed by atoms with Crippen LogP contribution in [-0.2, 0) is 0 Å². The van der Waals surface area contributed by atoms with Crippen molar-refractivity contribution in [2.24, 2.45) is 4.99 Å². The molecule has 4 rings (SSSR count). The molecule has 0 unspecified atom stereocenters. The number of carbonyl (C=O) groups excluding carboxylic acids is 1. The zero-order valence-corrected chi connectivity index (χ0v) is 18.7. The maximum Gasteiger partial charge on any atom is 0.175 e. The number of halogens is 1. The third kappa shape index (κ3) is 5.07. The predicted octanol–water partition coefficient (Wildman–Crippen LogP) is 6.37. The molecule has 0 aliphatic heterocycles. The third-order valence-corrected chi connectivity index (χ3v) is 5.39. The van der Waals surface area contributed by atoms with Gasteiger partial charge in [-0.25, -0.2) is 9.98 Å². The fourth-order valence-electron chi connectivity index (χ4n) is 3.30. The first-order valence-electron chi connectivity index (χ1n) is 10.2. The van der Waals surface area contributed by atoms with Gasteiger partial charge in [-0.15, -0.1) is 0 Å². The summed E-state index contributed by atoms with van der Waals surface area (Å²) in [6.45, 7) is 5.63. The van der Waals surface area contributed by atoms with E-state index < -0.39 is 0 Å². The Kier molecular flexibility index (Phi) is 6.76. The average molecular weight is 457 g/mol. The highest BCUT2D eigenvalue weighted by Gasteiger charge is 2.12. The molecule has 0 fully saturated rings. The van der Waals surface area contributed by atoms with Crippen LogP contribution < -0.4 is 10.1 Å². The number of ether oxygens (including phenoxy) is 1. The highest BCUT2D eigenvalue weighted by atomic mass is 35.5. The van der Waals surface area contributed by atoms with Crippen molar-refractivity contribution in [1.82, 2.24) is 9.97 Å². The Morgan fingerprint density at radius 3 is 2.58 bits per heavy atom. The summed E-state index contributed by atoms with van der Waals surface area (Å²) in [7, 11) is 0. The average Bonchev–Trinajstić information content (AvgIpc) is 2.86. The van der Waals surface area contributed by atoms with E-state index in [2.05, 4.69) is 27.0 Å². The second kappa shape index (κ2) is 10.1. The fourth-order valence-corrected chi connectivity index (χ4v) is 3.56. The molecular weight excluding hydrogens is 436 g/mol. The predicted molar refractivity (Wildman–Crippen MR) is 133 cm³/mol. The molecule has 0 spiro atoms. The lowest BCUT2D eigenvalue weighted by atomic mass is 10.1. The van der Waals surface area contributed by atoms with Crippen LogP contribution in [0.5, 0.6) is 5.75 Å². The van der Waals surface area contributed by atoms with Gasteiger partial charge in [0.1, 0.15) is 12.0 Å². The molecule has 2 aromatic carbocycles. The zero-order chi connectivity index (χ0) is 23.2. The standard InChI is InChI=1S/C26H21ClN4O2/c1-17-6-11-21(13-20(17)15-32)33-16-30-24-14-22(27)25(31-26(24)28-2)19-9-7-18(8-10-19)23-5-3-4-12-29-23/h3-15,30H,2,16H2,1H3. The van der Waals surface area contributed by atoms with E-state index in [0.29, 0.717) is 33.5 Å². The first kappa shape index (κ1) is 22.2. The lowest BCUT2D eigenvalue weighted by Crippen LogP contribution is -2.10. The minimum Gasteiger partial charge on any atom is -0.473 e. The molecule has 0 aliphatic rings. The Labute approximate surface area is 197 Å². The van der Waals surface area contributed by atoms with Crippen LogP contribution in [0.2, 0.25) is 5.02 Å². The molecule has 6 nitrogen and oxygen atoms in total. The molecule has 164 valence electrons. The van der Waals surface area contributed by atoms with Crippen LogP contribution in [0.4, 0.5) is 11.5 Å². The van der Waals surface area contributed by atoms with Crippen molar-refractivity contribution in [3.05, 3.63) is 89.1 Å². The van der Waals surface area contributed by atoms with Crippen molar-refractivity contribution in [3.8, 4) is 28.3 Å². The number of hydrogen-bond donors (Lipinski definition) is 1. The summed E-state index contributed by atoms with van der Waals surface area (Å²) in [5, 5.41) is 3.58. The van der Waals surface area contributed by atoms with Crippen LogP contribution in [0.1, 0.15) is 15.9 Å². The van der Waals surface area contributed by atoms with Crippen molar-refractivity contribution in [2.45, 2.75) is 6.92 Å². The van der Waals surface area contributed by atoms with Gasteiger partial charge in [0, 0.05) is 22.9 Å². The van der Waals surface area contributed by atoms with E-state index in [9.17, 15) is 4.79 Å². The molecule has 0 bridgehead atoms. The number of aldehydes is 1. The largest absolute Gasteiger partial charge is 0.473 e. The molecular formula is C26H21ClN4O2. The number of benzene rings is 2. The molecule has 0 radical (unpaired) electrons. The summed E-state index contributed by atoms with van der Waals surface area (Å²) in [5.41, 5.74) is 5.42. The monoisotopic (exact) mass is 456 g/mol. The maximum absolute atomic E-state index is 11.1. The minimum absolute atomic E-state index is 0.139. The van der Waals surface area contributed by atoms with Gasteiger partial charge in [0.05, 0.1) is 22.1 Å². The van der Waals surface area contributed by atoms with Gasteiger partial charge in [-0.3, -0.25) is 9.78 Å². The van der Waals surface area contributed by atoms with E-state index in [4.69, 9.17) is 16.3 Å². The van der Waals surface area contributed by atoms with E-state index in [1.54, 1.807) is 24.4 Å². The molecule has 0 saturated carbocycles. The number of rotatable bonds is 8. The number of aryl methyl sites for hydroxylation is 1. The van der Waals surface area contributed by atoms with Crippen molar-refractivity contribution in [3.63, 3.8) is 0 Å². The maximum atomic E-state index is 11.1. The quantitative estimate of drug-likeness (QED) is 0.189. The molecule has 2 heterocycles. The van der Waals surface area contributed by atoms with Gasteiger partial charge in [-0.05, 0) is 49.5 Å². The number of nitrogens with one attached hydrogen (secondary N) is 1. The van der Waals surface area contributed by atoms with Gasteiger partial charge in [0.15, 0.2) is 12.5 Å². The molecule has 0 saturated heterocycles. The van der Waals surface area contributed by atoms with E-state index in [1.807, 2.05) is 55.5 Å². The van der Waals surface area contributed by atoms with Crippen molar-refractivity contribution in [2.75, 3.05) is 12.0 Å². The van der Waals surface area contributed by atoms with Crippen molar-refractivity contribution in [1.29, 1.82) is 0 Å². The van der Waals surface area contributed by atoms with Crippen LogP contribution in [0, 0.1) is 6.92 Å². The molecule has 0 amide bonds. The van der Waals surface area contributed by atoms with Gasteiger partial charge >= 0.3 is 0 Å². The van der Waals surface area contributed by atoms with E-state index in [-0.39, 0.29) is 6.73 Å². The summed E-state index contributed by atoms with van der Waals surface area (Å²) in [6, 6.07) is 20.7. The normalized spacial score (nSPS) is 10.5. The van der Waals surface area contributed by atoms with Crippen LogP contribution in [0.15, 0.2) is 77.9 Å². The van der Waals surface area contributed by atoms with Crippen LogP contribution in [-0.4, -0.2) is 29.7 Å². The highest BCUT2D eigenvalue weighted by molar-refractivity contribution is 6.33. The molecule has 2 aromatic heterocycles. The second-order valence-electron chi connectivity index (χ2n) is 7.24. The van der Waals surface area contributed by atoms with Gasteiger partial charge in [-0.1, -0.05) is 48.0 Å². The number of nitrogens with zero attached hydrogens (tertiary/aromatic N) is 3. The van der Waals surface area contributed by atoms with Crippen molar-refractivity contribution < 1.29 is 9.53 Å². The molecule has 0 atom stereocenters. The highest BCUT2D eigenvalue weighted by Crippen LogP contribution is 2.34. The Balaban J connectivity index is 1.51.